The van der Waals surface area contributed by atoms with E-state index in [0.29, 0.717) is 12.3 Å². The van der Waals surface area contributed by atoms with E-state index in [1.807, 2.05) is 0 Å². The van der Waals surface area contributed by atoms with Crippen LogP contribution in [0.3, 0.4) is 0 Å². The Bertz CT molecular complexity index is 481. The van der Waals surface area contributed by atoms with Crippen molar-refractivity contribution in [1.82, 2.24) is 15.1 Å². The van der Waals surface area contributed by atoms with Crippen LogP contribution in [0, 0.1) is 11.8 Å². The Labute approximate surface area is 185 Å². The van der Waals surface area contributed by atoms with Crippen LogP contribution in [-0.2, 0) is 9.59 Å². The Morgan fingerprint density at radius 2 is 1.40 bits per heavy atom. The van der Waals surface area contributed by atoms with Gasteiger partial charge in [-0.05, 0) is 63.5 Å². The van der Waals surface area contributed by atoms with Crippen LogP contribution in [0.5, 0.6) is 0 Å². The molecule has 2 rings (SSSR count). The molecular weight excluding hydrogens is 374 g/mol. The molecule has 0 aliphatic carbocycles. The number of hydrogen-bond donors (Lipinski definition) is 1. The molecule has 2 aliphatic rings. The van der Waals surface area contributed by atoms with Crippen molar-refractivity contribution >= 4 is 11.8 Å². The number of carbonyl (C=O) groups is 2. The molecule has 2 amide bonds. The number of rotatable bonds is 13. The Morgan fingerprint density at radius 3 is 2.00 bits per heavy atom. The second-order valence-corrected chi connectivity index (χ2v) is 9.60. The minimum Gasteiger partial charge on any atom is -0.356 e. The first kappa shape index (κ1) is 25.2. The summed E-state index contributed by atoms with van der Waals surface area (Å²) in [6.07, 6.45) is 14.8. The van der Waals surface area contributed by atoms with Crippen LogP contribution in [-0.4, -0.2) is 60.9 Å². The van der Waals surface area contributed by atoms with E-state index in [1.54, 1.807) is 0 Å². The summed E-state index contributed by atoms with van der Waals surface area (Å²) in [6.45, 7) is 10.3. The fourth-order valence-electron chi connectivity index (χ4n) is 4.90. The molecule has 2 heterocycles. The third-order valence-electron chi connectivity index (χ3n) is 7.15. The van der Waals surface area contributed by atoms with Crippen molar-refractivity contribution in [2.45, 2.75) is 97.3 Å². The van der Waals surface area contributed by atoms with Gasteiger partial charge >= 0.3 is 0 Å². The SMILES string of the molecule is CCCCNC(=O)CCN1CCC(CCCC2CCN(C(=O)CCCC)CC2)CC1. The smallest absolute Gasteiger partial charge is 0.222 e. The number of nitrogens with zero attached hydrogens (tertiary/aromatic N) is 2. The molecule has 5 nitrogen and oxygen atoms in total. The quantitative estimate of drug-likeness (QED) is 0.442. The summed E-state index contributed by atoms with van der Waals surface area (Å²) in [4.78, 5) is 28.6. The Kier molecular flexibility index (Phi) is 12.4. The topological polar surface area (TPSA) is 52.7 Å². The summed E-state index contributed by atoms with van der Waals surface area (Å²) >= 11 is 0. The molecule has 0 aromatic rings. The van der Waals surface area contributed by atoms with Gasteiger partial charge in [0, 0.05) is 39.0 Å². The number of likely N-dealkylation sites (tertiary alicyclic amines) is 2. The van der Waals surface area contributed by atoms with Crippen molar-refractivity contribution in [3.8, 4) is 0 Å². The van der Waals surface area contributed by atoms with Gasteiger partial charge in [-0.15, -0.1) is 0 Å². The summed E-state index contributed by atoms with van der Waals surface area (Å²) in [5, 5.41) is 3.02. The number of hydrogen-bond acceptors (Lipinski definition) is 3. The average molecular weight is 422 g/mol. The van der Waals surface area contributed by atoms with Gasteiger partial charge in [0.1, 0.15) is 0 Å². The van der Waals surface area contributed by atoms with Crippen LogP contribution < -0.4 is 5.32 Å². The maximum absolute atomic E-state index is 12.2. The van der Waals surface area contributed by atoms with E-state index in [2.05, 4.69) is 29.0 Å². The normalized spacial score (nSPS) is 19.2. The average Bonchev–Trinajstić information content (AvgIpc) is 2.77. The predicted molar refractivity (Wildman–Crippen MR) is 124 cm³/mol. The Hall–Kier alpha value is -1.10. The van der Waals surface area contributed by atoms with Gasteiger partial charge in [0.2, 0.25) is 11.8 Å². The Balaban J connectivity index is 1.49. The molecule has 2 saturated heterocycles. The minimum absolute atomic E-state index is 0.212. The van der Waals surface area contributed by atoms with E-state index < -0.39 is 0 Å². The molecule has 30 heavy (non-hydrogen) atoms. The van der Waals surface area contributed by atoms with E-state index in [4.69, 9.17) is 0 Å². The van der Waals surface area contributed by atoms with E-state index in [0.717, 1.165) is 83.2 Å². The molecule has 1 N–H and O–H groups in total. The molecule has 0 atom stereocenters. The van der Waals surface area contributed by atoms with E-state index in [1.165, 1.54) is 44.9 Å². The highest BCUT2D eigenvalue weighted by atomic mass is 16.2. The van der Waals surface area contributed by atoms with Crippen LogP contribution >= 0.6 is 0 Å². The second kappa shape index (κ2) is 14.8. The van der Waals surface area contributed by atoms with Crippen LogP contribution in [0.25, 0.3) is 0 Å². The number of piperidine rings is 2. The monoisotopic (exact) mass is 421 g/mol. The molecular formula is C25H47N3O2. The number of nitrogens with one attached hydrogen (secondary N) is 1. The largest absolute Gasteiger partial charge is 0.356 e. The molecule has 0 unspecified atom stereocenters. The lowest BCUT2D eigenvalue weighted by molar-refractivity contribution is -0.132. The third-order valence-corrected chi connectivity index (χ3v) is 7.15. The van der Waals surface area contributed by atoms with Gasteiger partial charge in [0.25, 0.3) is 0 Å². The molecule has 2 aliphatic heterocycles. The van der Waals surface area contributed by atoms with Crippen molar-refractivity contribution in [3.63, 3.8) is 0 Å². The summed E-state index contributed by atoms with van der Waals surface area (Å²) in [5.74, 6) is 2.28. The molecule has 0 saturated carbocycles. The van der Waals surface area contributed by atoms with Gasteiger partial charge in [-0.2, -0.15) is 0 Å². The lowest BCUT2D eigenvalue weighted by Gasteiger charge is -2.33. The minimum atomic E-state index is 0.212. The molecule has 174 valence electrons. The van der Waals surface area contributed by atoms with Crippen LogP contribution in [0.4, 0.5) is 0 Å². The van der Waals surface area contributed by atoms with E-state index in [9.17, 15) is 9.59 Å². The van der Waals surface area contributed by atoms with Gasteiger partial charge in [-0.1, -0.05) is 46.0 Å². The molecule has 0 aromatic heterocycles. The third kappa shape index (κ3) is 9.80. The van der Waals surface area contributed by atoms with Crippen molar-refractivity contribution in [3.05, 3.63) is 0 Å². The Morgan fingerprint density at radius 1 is 0.800 bits per heavy atom. The van der Waals surface area contributed by atoms with Crippen LogP contribution in [0.1, 0.15) is 97.3 Å². The lowest BCUT2D eigenvalue weighted by atomic mass is 9.86. The summed E-state index contributed by atoms with van der Waals surface area (Å²) < 4.78 is 0. The van der Waals surface area contributed by atoms with Crippen molar-refractivity contribution in [2.24, 2.45) is 11.8 Å². The maximum atomic E-state index is 12.2. The first-order chi connectivity index (χ1) is 14.6. The summed E-state index contributed by atoms with van der Waals surface area (Å²) in [5.41, 5.74) is 0. The van der Waals surface area contributed by atoms with Gasteiger partial charge in [-0.3, -0.25) is 9.59 Å². The van der Waals surface area contributed by atoms with E-state index >= 15 is 0 Å². The highest BCUT2D eigenvalue weighted by Crippen LogP contribution is 2.27. The van der Waals surface area contributed by atoms with Gasteiger partial charge in [0.15, 0.2) is 0 Å². The van der Waals surface area contributed by atoms with Crippen LogP contribution in [0.2, 0.25) is 0 Å². The maximum Gasteiger partial charge on any atom is 0.222 e. The van der Waals surface area contributed by atoms with Gasteiger partial charge in [0.05, 0.1) is 0 Å². The van der Waals surface area contributed by atoms with Gasteiger partial charge in [-0.25, -0.2) is 0 Å². The van der Waals surface area contributed by atoms with Crippen molar-refractivity contribution in [1.29, 1.82) is 0 Å². The zero-order valence-electron chi connectivity index (χ0n) is 19.8. The lowest BCUT2D eigenvalue weighted by Crippen LogP contribution is -2.38. The first-order valence-corrected chi connectivity index (χ1v) is 12.9. The number of unbranched alkanes of at least 4 members (excludes halogenated alkanes) is 2. The standard InChI is InChI=1S/C25H47N3O2/c1-3-5-10-25(30)28-20-13-23(14-21-28)9-7-8-22-11-17-27(18-12-22)19-15-24(29)26-16-6-4-2/h22-23H,3-21H2,1-2H3,(H,26,29). The molecule has 0 aromatic carbocycles. The summed E-state index contributed by atoms with van der Waals surface area (Å²) in [7, 11) is 0. The molecule has 0 bridgehead atoms. The predicted octanol–water partition coefficient (Wildman–Crippen LogP) is 4.60. The van der Waals surface area contributed by atoms with Crippen molar-refractivity contribution in [2.75, 3.05) is 39.3 Å². The van der Waals surface area contributed by atoms with E-state index in [-0.39, 0.29) is 5.91 Å². The fourth-order valence-corrected chi connectivity index (χ4v) is 4.90. The molecule has 5 heteroatoms. The molecule has 0 radical (unpaired) electrons. The summed E-state index contributed by atoms with van der Waals surface area (Å²) in [6, 6.07) is 0. The molecule has 0 spiro atoms. The highest BCUT2D eigenvalue weighted by Gasteiger charge is 2.23. The fraction of sp³-hybridized carbons (Fsp3) is 0.920. The van der Waals surface area contributed by atoms with Gasteiger partial charge < -0.3 is 15.1 Å². The first-order valence-electron chi connectivity index (χ1n) is 12.9. The van der Waals surface area contributed by atoms with Crippen molar-refractivity contribution < 1.29 is 9.59 Å². The van der Waals surface area contributed by atoms with Crippen LogP contribution in [0.15, 0.2) is 0 Å². The zero-order chi connectivity index (χ0) is 21.6. The second-order valence-electron chi connectivity index (χ2n) is 9.60. The number of amides is 2. The molecule has 2 fully saturated rings. The highest BCUT2D eigenvalue weighted by molar-refractivity contribution is 5.76. The zero-order valence-corrected chi connectivity index (χ0v) is 19.8. The number of carbonyl (C=O) groups excluding carboxylic acids is 2.